The van der Waals surface area contributed by atoms with E-state index in [2.05, 4.69) is 4.98 Å². The predicted octanol–water partition coefficient (Wildman–Crippen LogP) is 1.49. The third-order valence-corrected chi connectivity index (χ3v) is 1.75. The number of rotatable bonds is 4. The van der Waals surface area contributed by atoms with Gasteiger partial charge in [-0.3, -0.25) is 9.78 Å². The van der Waals surface area contributed by atoms with E-state index in [1.165, 1.54) is 0 Å². The van der Waals surface area contributed by atoms with Gasteiger partial charge in [0.1, 0.15) is 0 Å². The lowest BCUT2D eigenvalue weighted by Crippen LogP contribution is -2.08. The summed E-state index contributed by atoms with van der Waals surface area (Å²) < 4.78 is 4.81. The fourth-order valence-electron chi connectivity index (χ4n) is 1.06. The highest BCUT2D eigenvalue weighted by Gasteiger charge is 2.03. The normalized spacial score (nSPS) is 8.62. The largest absolute Gasteiger partial charge is 0.466 e. The van der Waals surface area contributed by atoms with Gasteiger partial charge in [0.25, 0.3) is 0 Å². The molecule has 4 nitrogen and oxygen atoms in total. The number of carbonyl (C=O) groups excluding carboxylic acids is 1. The average Bonchev–Trinajstić information content (AvgIpc) is 2.19. The Morgan fingerprint density at radius 1 is 1.44 bits per heavy atom. The van der Waals surface area contributed by atoms with Crippen molar-refractivity contribution in [3.63, 3.8) is 0 Å². The van der Waals surface area contributed by atoms with E-state index in [0.717, 1.165) is 11.3 Å². The summed E-state index contributed by atoms with van der Waals surface area (Å²) in [6.07, 6.45) is 1.92. The summed E-state index contributed by atoms with van der Waals surface area (Å²) in [5.41, 5.74) is 7.06. The van der Waals surface area contributed by atoms with Crippen LogP contribution in [-0.2, 0) is 22.5 Å². The number of nitrogens with zero attached hydrogens (tertiary/aromatic N) is 1. The average molecular weight is 267 g/mol. The summed E-state index contributed by atoms with van der Waals surface area (Å²) in [5, 5.41) is 0. The number of nitrogens with two attached hydrogens (primary N) is 1. The van der Waals surface area contributed by atoms with Gasteiger partial charge in [0.2, 0.25) is 0 Å². The minimum absolute atomic E-state index is 0. The standard InChI is InChI=1S/C10H14N2O2.2ClH/c1-2-14-10(13)5-8-3-4-9(6-11)12-7-8;;/h3-4,7H,2,5-6,11H2,1H3;2*1H. The topological polar surface area (TPSA) is 65.2 Å². The summed E-state index contributed by atoms with van der Waals surface area (Å²) in [7, 11) is 0. The molecule has 16 heavy (non-hydrogen) atoms. The minimum Gasteiger partial charge on any atom is -0.466 e. The van der Waals surface area contributed by atoms with Crippen LogP contribution in [0.2, 0.25) is 0 Å². The third-order valence-electron chi connectivity index (χ3n) is 1.75. The second-order valence-corrected chi connectivity index (χ2v) is 2.84. The van der Waals surface area contributed by atoms with Crippen LogP contribution >= 0.6 is 24.8 Å². The first-order valence-corrected chi connectivity index (χ1v) is 4.55. The second-order valence-electron chi connectivity index (χ2n) is 2.84. The lowest BCUT2D eigenvalue weighted by Gasteiger charge is -2.02. The molecule has 0 atom stereocenters. The Kier molecular flexibility index (Phi) is 10.3. The van der Waals surface area contributed by atoms with Crippen LogP contribution in [0.25, 0.3) is 0 Å². The van der Waals surface area contributed by atoms with Crippen molar-refractivity contribution in [1.29, 1.82) is 0 Å². The Balaban J connectivity index is 0. The molecule has 1 aromatic rings. The highest BCUT2D eigenvalue weighted by atomic mass is 35.5. The highest BCUT2D eigenvalue weighted by Crippen LogP contribution is 2.01. The highest BCUT2D eigenvalue weighted by molar-refractivity contribution is 5.85. The van der Waals surface area contributed by atoms with Crippen LogP contribution < -0.4 is 5.73 Å². The van der Waals surface area contributed by atoms with E-state index in [9.17, 15) is 4.79 Å². The van der Waals surface area contributed by atoms with Gasteiger partial charge in [0.15, 0.2) is 0 Å². The maximum Gasteiger partial charge on any atom is 0.310 e. The Hall–Kier alpha value is -0.840. The molecule has 1 heterocycles. The van der Waals surface area contributed by atoms with Gasteiger partial charge in [-0.15, -0.1) is 24.8 Å². The molecule has 0 saturated carbocycles. The van der Waals surface area contributed by atoms with Gasteiger partial charge >= 0.3 is 5.97 Å². The first kappa shape index (κ1) is 17.6. The molecule has 0 aliphatic heterocycles. The van der Waals surface area contributed by atoms with Crippen molar-refractivity contribution in [2.24, 2.45) is 5.73 Å². The van der Waals surface area contributed by atoms with Crippen molar-refractivity contribution < 1.29 is 9.53 Å². The van der Waals surface area contributed by atoms with Gasteiger partial charge in [-0.05, 0) is 18.6 Å². The number of esters is 1. The van der Waals surface area contributed by atoms with Crippen molar-refractivity contribution in [2.75, 3.05) is 6.61 Å². The van der Waals surface area contributed by atoms with Crippen molar-refractivity contribution in [1.82, 2.24) is 4.98 Å². The predicted molar refractivity (Wildman–Crippen MR) is 67.0 cm³/mol. The monoisotopic (exact) mass is 266 g/mol. The third kappa shape index (κ3) is 5.90. The molecule has 0 aliphatic rings. The number of hydrogen-bond acceptors (Lipinski definition) is 4. The summed E-state index contributed by atoms with van der Waals surface area (Å²) in [6, 6.07) is 3.65. The number of hydrogen-bond donors (Lipinski definition) is 1. The van der Waals surface area contributed by atoms with Crippen molar-refractivity contribution in [2.45, 2.75) is 19.9 Å². The molecular formula is C10H16Cl2N2O2. The van der Waals surface area contributed by atoms with Gasteiger partial charge in [0.05, 0.1) is 18.7 Å². The molecule has 0 spiro atoms. The Labute approximate surface area is 107 Å². The van der Waals surface area contributed by atoms with E-state index >= 15 is 0 Å². The van der Waals surface area contributed by atoms with Crippen LogP contribution in [0.3, 0.4) is 0 Å². The maximum atomic E-state index is 11.1. The molecule has 0 amide bonds. The minimum atomic E-state index is -0.227. The van der Waals surface area contributed by atoms with Gasteiger partial charge < -0.3 is 10.5 Å². The molecule has 1 rings (SSSR count). The number of aromatic nitrogens is 1. The smallest absolute Gasteiger partial charge is 0.310 e. The maximum absolute atomic E-state index is 11.1. The number of pyridine rings is 1. The van der Waals surface area contributed by atoms with Crippen LogP contribution in [-0.4, -0.2) is 17.6 Å². The van der Waals surface area contributed by atoms with E-state index < -0.39 is 0 Å². The molecular weight excluding hydrogens is 251 g/mol. The summed E-state index contributed by atoms with van der Waals surface area (Å²) in [6.45, 7) is 2.61. The zero-order valence-electron chi connectivity index (χ0n) is 9.01. The Morgan fingerprint density at radius 2 is 2.12 bits per heavy atom. The lowest BCUT2D eigenvalue weighted by atomic mass is 10.2. The Bertz CT molecular complexity index is 304. The second kappa shape index (κ2) is 9.39. The molecule has 6 heteroatoms. The molecule has 0 aliphatic carbocycles. The molecule has 0 unspecified atom stereocenters. The fourth-order valence-corrected chi connectivity index (χ4v) is 1.06. The first-order chi connectivity index (χ1) is 6.76. The van der Waals surface area contributed by atoms with Gasteiger partial charge in [0, 0.05) is 12.7 Å². The summed E-state index contributed by atoms with van der Waals surface area (Å²) >= 11 is 0. The molecule has 2 N–H and O–H groups in total. The molecule has 0 radical (unpaired) electrons. The zero-order valence-corrected chi connectivity index (χ0v) is 10.6. The van der Waals surface area contributed by atoms with E-state index in [-0.39, 0.29) is 37.2 Å². The molecule has 1 aromatic heterocycles. The zero-order chi connectivity index (χ0) is 10.4. The van der Waals surface area contributed by atoms with Crippen LogP contribution in [0.5, 0.6) is 0 Å². The Morgan fingerprint density at radius 3 is 2.56 bits per heavy atom. The van der Waals surface area contributed by atoms with Crippen LogP contribution in [0.4, 0.5) is 0 Å². The number of halogens is 2. The lowest BCUT2D eigenvalue weighted by molar-refractivity contribution is -0.142. The van der Waals surface area contributed by atoms with Crippen LogP contribution in [0.15, 0.2) is 18.3 Å². The van der Waals surface area contributed by atoms with E-state index in [0.29, 0.717) is 13.2 Å². The van der Waals surface area contributed by atoms with E-state index in [4.69, 9.17) is 10.5 Å². The SMILES string of the molecule is CCOC(=O)Cc1ccc(CN)nc1.Cl.Cl. The fraction of sp³-hybridized carbons (Fsp3) is 0.400. The number of carbonyl (C=O) groups is 1. The van der Waals surface area contributed by atoms with Gasteiger partial charge in [-0.1, -0.05) is 6.07 Å². The summed E-state index contributed by atoms with van der Waals surface area (Å²) in [5.74, 6) is -0.227. The molecule has 92 valence electrons. The van der Waals surface area contributed by atoms with Crippen LogP contribution in [0.1, 0.15) is 18.2 Å². The first-order valence-electron chi connectivity index (χ1n) is 4.55. The van der Waals surface area contributed by atoms with E-state index in [1.54, 1.807) is 13.1 Å². The van der Waals surface area contributed by atoms with Crippen molar-refractivity contribution in [3.05, 3.63) is 29.6 Å². The van der Waals surface area contributed by atoms with Crippen molar-refractivity contribution in [3.8, 4) is 0 Å². The quantitative estimate of drug-likeness (QED) is 0.839. The molecule has 0 bridgehead atoms. The van der Waals surface area contributed by atoms with Gasteiger partial charge in [-0.25, -0.2) is 0 Å². The molecule has 0 aromatic carbocycles. The van der Waals surface area contributed by atoms with Gasteiger partial charge in [-0.2, -0.15) is 0 Å². The van der Waals surface area contributed by atoms with E-state index in [1.807, 2.05) is 12.1 Å². The van der Waals surface area contributed by atoms with Crippen LogP contribution in [0, 0.1) is 0 Å². The van der Waals surface area contributed by atoms with Crippen molar-refractivity contribution >= 4 is 30.8 Å². The molecule has 0 saturated heterocycles. The molecule has 0 fully saturated rings. The summed E-state index contributed by atoms with van der Waals surface area (Å²) in [4.78, 5) is 15.2. The number of ether oxygens (including phenoxy) is 1.